The van der Waals surface area contributed by atoms with Gasteiger partial charge in [0, 0.05) is 30.9 Å². The molecule has 3 heterocycles. The molecule has 5 rings (SSSR count). The molecule has 2 aromatic rings. The minimum absolute atomic E-state index is 0.0275. The highest BCUT2D eigenvalue weighted by Crippen LogP contribution is 2.39. The summed E-state index contributed by atoms with van der Waals surface area (Å²) in [6.07, 6.45) is 7.22. The Balaban J connectivity index is 1.48. The lowest BCUT2D eigenvalue weighted by Crippen LogP contribution is -2.28. The lowest BCUT2D eigenvalue weighted by molar-refractivity contribution is -0.133. The molecule has 27 heavy (non-hydrogen) atoms. The molecule has 0 radical (unpaired) electrons. The minimum Gasteiger partial charge on any atom is -0.476 e. The number of hydrogen-bond donors (Lipinski definition) is 3. The van der Waals surface area contributed by atoms with Gasteiger partial charge in [0.2, 0.25) is 0 Å². The summed E-state index contributed by atoms with van der Waals surface area (Å²) >= 11 is 0. The third kappa shape index (κ3) is 3.08. The Morgan fingerprint density at radius 2 is 2.22 bits per heavy atom. The van der Waals surface area contributed by atoms with Crippen LogP contribution in [0.5, 0.6) is 5.75 Å². The van der Waals surface area contributed by atoms with Crippen LogP contribution in [0.1, 0.15) is 24.8 Å². The molecule has 7 nitrogen and oxygen atoms in total. The van der Waals surface area contributed by atoms with Crippen molar-refractivity contribution in [3.05, 3.63) is 35.7 Å². The quantitative estimate of drug-likeness (QED) is 0.747. The summed E-state index contributed by atoms with van der Waals surface area (Å²) < 4.78 is 0. The van der Waals surface area contributed by atoms with Crippen molar-refractivity contribution >= 4 is 28.6 Å². The van der Waals surface area contributed by atoms with Crippen molar-refractivity contribution < 1.29 is 14.7 Å². The van der Waals surface area contributed by atoms with Gasteiger partial charge in [-0.05, 0) is 56.0 Å². The van der Waals surface area contributed by atoms with Crippen molar-refractivity contribution in [1.82, 2.24) is 15.8 Å². The molecule has 7 heteroatoms. The summed E-state index contributed by atoms with van der Waals surface area (Å²) in [6, 6.07) is 6.54. The Morgan fingerprint density at radius 3 is 3.04 bits per heavy atom. The van der Waals surface area contributed by atoms with E-state index >= 15 is 0 Å². The van der Waals surface area contributed by atoms with Gasteiger partial charge < -0.3 is 20.2 Å². The Hall–Kier alpha value is -2.80. The summed E-state index contributed by atoms with van der Waals surface area (Å²) in [4.78, 5) is 23.7. The van der Waals surface area contributed by atoms with E-state index in [1.165, 1.54) is 19.3 Å². The second-order valence-corrected chi connectivity index (χ2v) is 7.56. The first-order valence-corrected chi connectivity index (χ1v) is 9.47. The second-order valence-electron chi connectivity index (χ2n) is 7.56. The number of rotatable bonds is 5. The molecule has 1 unspecified atom stereocenters. The number of carboxylic acid groups (broad SMARTS) is 1. The van der Waals surface area contributed by atoms with Gasteiger partial charge in [-0.3, -0.25) is 4.98 Å². The van der Waals surface area contributed by atoms with Crippen LogP contribution in [0.25, 0.3) is 17.0 Å². The normalized spacial score (nSPS) is 21.4. The molecule has 2 aliphatic heterocycles. The van der Waals surface area contributed by atoms with Crippen LogP contribution in [-0.2, 0) is 4.79 Å². The predicted octanol–water partition coefficient (Wildman–Crippen LogP) is 2.14. The fourth-order valence-corrected chi connectivity index (χ4v) is 3.94. The fraction of sp³-hybridized carbons (Fsp3) is 0.400. The molecule has 3 aliphatic rings. The maximum Gasteiger partial charge on any atom is 0.355 e. The molecular formula is C20H22N4O3. The van der Waals surface area contributed by atoms with Crippen LogP contribution in [-0.4, -0.2) is 41.7 Å². The van der Waals surface area contributed by atoms with Crippen molar-refractivity contribution in [2.24, 2.45) is 5.92 Å². The van der Waals surface area contributed by atoms with Crippen LogP contribution in [0.3, 0.4) is 0 Å². The van der Waals surface area contributed by atoms with E-state index in [0.717, 1.165) is 47.8 Å². The second kappa shape index (κ2) is 6.42. The average Bonchev–Trinajstić information content (AvgIpc) is 3.41. The molecule has 0 spiro atoms. The van der Waals surface area contributed by atoms with Crippen molar-refractivity contribution in [2.45, 2.75) is 25.3 Å². The average molecular weight is 366 g/mol. The number of hydrogen-bond acceptors (Lipinski definition) is 6. The molecule has 140 valence electrons. The molecule has 1 saturated heterocycles. The van der Waals surface area contributed by atoms with Crippen molar-refractivity contribution in [1.29, 1.82) is 0 Å². The van der Waals surface area contributed by atoms with Gasteiger partial charge >= 0.3 is 5.97 Å². The van der Waals surface area contributed by atoms with Gasteiger partial charge in [-0.15, -0.1) is 0 Å². The van der Waals surface area contributed by atoms with E-state index in [4.69, 9.17) is 4.84 Å². The van der Waals surface area contributed by atoms with E-state index in [9.17, 15) is 9.90 Å². The van der Waals surface area contributed by atoms with Gasteiger partial charge in [0.1, 0.15) is 0 Å². The SMILES string of the molecule is O=C(O)C1=Cc2ccc3nccc(N4CCC(CNC5CC5)C4)c3c2ON1. The molecule has 1 aromatic heterocycles. The third-order valence-electron chi connectivity index (χ3n) is 5.56. The van der Waals surface area contributed by atoms with E-state index in [1.54, 1.807) is 6.08 Å². The zero-order valence-electron chi connectivity index (χ0n) is 14.9. The maximum absolute atomic E-state index is 11.2. The zero-order valence-corrected chi connectivity index (χ0v) is 14.9. The number of nitrogens with zero attached hydrogens (tertiary/aromatic N) is 2. The summed E-state index contributed by atoms with van der Waals surface area (Å²) in [5.74, 6) is 0.240. The Morgan fingerprint density at radius 1 is 1.33 bits per heavy atom. The lowest BCUT2D eigenvalue weighted by Gasteiger charge is -2.24. The maximum atomic E-state index is 11.2. The highest BCUT2D eigenvalue weighted by Gasteiger charge is 2.28. The fourth-order valence-electron chi connectivity index (χ4n) is 3.94. The molecule has 2 fully saturated rings. The van der Waals surface area contributed by atoms with Crippen LogP contribution >= 0.6 is 0 Å². The molecule has 1 atom stereocenters. The number of hydroxylamine groups is 1. The van der Waals surface area contributed by atoms with E-state index in [0.29, 0.717) is 11.7 Å². The summed E-state index contributed by atoms with van der Waals surface area (Å²) in [7, 11) is 0. The lowest BCUT2D eigenvalue weighted by atomic mass is 10.0. The first-order chi connectivity index (χ1) is 13.2. The Kier molecular flexibility index (Phi) is 3.89. The molecule has 1 aliphatic carbocycles. The van der Waals surface area contributed by atoms with E-state index in [1.807, 2.05) is 24.4 Å². The van der Waals surface area contributed by atoms with Crippen LogP contribution < -0.4 is 20.5 Å². The summed E-state index contributed by atoms with van der Waals surface area (Å²) in [5.41, 5.74) is 5.26. The van der Waals surface area contributed by atoms with Gasteiger partial charge in [0.25, 0.3) is 0 Å². The summed E-state index contributed by atoms with van der Waals surface area (Å²) in [6.45, 7) is 3.08. The third-order valence-corrected chi connectivity index (χ3v) is 5.56. The molecule has 0 bridgehead atoms. The number of pyridine rings is 1. The molecule has 1 saturated carbocycles. The molecule has 3 N–H and O–H groups in total. The van der Waals surface area contributed by atoms with Crippen LogP contribution in [0.15, 0.2) is 30.1 Å². The van der Waals surface area contributed by atoms with E-state index < -0.39 is 5.97 Å². The van der Waals surface area contributed by atoms with Gasteiger partial charge in [-0.25, -0.2) is 10.3 Å². The largest absolute Gasteiger partial charge is 0.476 e. The number of nitrogens with one attached hydrogen (secondary N) is 2. The van der Waals surface area contributed by atoms with Crippen LogP contribution in [0, 0.1) is 5.92 Å². The van der Waals surface area contributed by atoms with Gasteiger partial charge in [-0.1, -0.05) is 0 Å². The number of benzene rings is 1. The standard InChI is InChI=1S/C20H22N4O3/c25-20(26)16-9-13-1-4-15-18(19(13)27-23-16)17(5-7-21-15)24-8-6-12(11-24)10-22-14-2-3-14/h1,4-5,7,9,12,14,22-23H,2-3,6,8,10-11H2,(H,25,26). The van der Waals surface area contributed by atoms with Crippen LogP contribution in [0.2, 0.25) is 0 Å². The number of aliphatic carboxylic acids is 1. The van der Waals surface area contributed by atoms with Gasteiger partial charge in [0.15, 0.2) is 11.4 Å². The van der Waals surface area contributed by atoms with Gasteiger partial charge in [0.05, 0.1) is 16.6 Å². The first kappa shape index (κ1) is 16.4. The highest BCUT2D eigenvalue weighted by molar-refractivity contribution is 6.01. The minimum atomic E-state index is -1.04. The Labute approximate surface area is 157 Å². The number of carbonyl (C=O) groups is 1. The number of aromatic nitrogens is 1. The topological polar surface area (TPSA) is 86.7 Å². The van der Waals surface area contributed by atoms with Crippen molar-refractivity contribution in [3.63, 3.8) is 0 Å². The smallest absolute Gasteiger partial charge is 0.355 e. The molecular weight excluding hydrogens is 344 g/mol. The number of anilines is 1. The first-order valence-electron chi connectivity index (χ1n) is 9.47. The summed E-state index contributed by atoms with van der Waals surface area (Å²) in [5, 5.41) is 13.8. The van der Waals surface area contributed by atoms with E-state index in [-0.39, 0.29) is 5.70 Å². The predicted molar refractivity (Wildman–Crippen MR) is 102 cm³/mol. The highest BCUT2D eigenvalue weighted by atomic mass is 16.6. The number of fused-ring (bicyclic) bond motifs is 3. The number of carboxylic acids is 1. The monoisotopic (exact) mass is 366 g/mol. The van der Waals surface area contributed by atoms with E-state index in [2.05, 4.69) is 20.7 Å². The van der Waals surface area contributed by atoms with Crippen LogP contribution in [0.4, 0.5) is 5.69 Å². The zero-order chi connectivity index (χ0) is 18.4. The van der Waals surface area contributed by atoms with Crippen molar-refractivity contribution in [2.75, 3.05) is 24.5 Å². The van der Waals surface area contributed by atoms with Gasteiger partial charge in [-0.2, -0.15) is 0 Å². The molecule has 0 amide bonds. The molecule has 1 aromatic carbocycles. The Bertz CT molecular complexity index is 938. The van der Waals surface area contributed by atoms with Crippen molar-refractivity contribution in [3.8, 4) is 5.75 Å².